The molecule has 3 aliphatic rings. The molecule has 0 fully saturated rings. The number of nitrogens with zero attached hydrogens (tertiary/aromatic N) is 23. The van der Waals surface area contributed by atoms with E-state index in [0.29, 0.717) is 66.6 Å². The highest BCUT2D eigenvalue weighted by Gasteiger charge is 2.29. The van der Waals surface area contributed by atoms with Gasteiger partial charge in [-0.3, -0.25) is 74.9 Å². The molecule has 0 saturated heterocycles. The molecule has 0 spiro atoms. The molecule has 0 unspecified atom stereocenters. The summed E-state index contributed by atoms with van der Waals surface area (Å²) in [6.45, 7) is 4.12. The zero-order chi connectivity index (χ0) is 80.5. The van der Waals surface area contributed by atoms with Gasteiger partial charge in [-0.2, -0.15) is 25.5 Å². The van der Waals surface area contributed by atoms with Crippen molar-refractivity contribution in [3.63, 3.8) is 0 Å². The van der Waals surface area contributed by atoms with Crippen LogP contribution in [0.2, 0.25) is 5.15 Å². The molecule has 3 aliphatic heterocycles. The van der Waals surface area contributed by atoms with Crippen LogP contribution < -0.4 is 27.3 Å². The van der Waals surface area contributed by atoms with Gasteiger partial charge in [0.05, 0.1) is 50.3 Å². The first-order chi connectivity index (χ1) is 55.2. The number of H-pyrrole nitrogens is 1. The summed E-state index contributed by atoms with van der Waals surface area (Å²) in [7, 11) is 0. The molecule has 0 bridgehead atoms. The van der Waals surface area contributed by atoms with E-state index in [2.05, 4.69) is 81.8 Å². The molecular weight excluding hydrogens is 1500 g/mol. The molecular formula is C73H65ClN28O12. The number of nitrogen functional groups attached to an aromatic ring is 3. The first kappa shape index (κ1) is 79.2. The van der Waals surface area contributed by atoms with Crippen LogP contribution in [0.1, 0.15) is 50.5 Å². The second-order valence-electron chi connectivity index (χ2n) is 24.0. The number of aromatic amines is 1. The summed E-state index contributed by atoms with van der Waals surface area (Å²) in [6, 6.07) is 37.7. The molecule has 0 radical (unpaired) electrons. The van der Waals surface area contributed by atoms with E-state index in [1.54, 1.807) is 156 Å². The Bertz CT molecular complexity index is 5540. The molecule has 17 rings (SSSR count). The number of amides is 2. The van der Waals surface area contributed by atoms with Gasteiger partial charge in [-0.05, 0) is 130 Å². The molecule has 8 N–H and O–H groups in total. The van der Waals surface area contributed by atoms with E-state index in [-0.39, 0.29) is 82.0 Å². The molecule has 41 heteroatoms. The van der Waals surface area contributed by atoms with Gasteiger partial charge in [0.2, 0.25) is 23.5 Å². The number of para-hydroxylation sites is 1. The number of hydrogen-bond acceptors (Lipinski definition) is 29. The SMILES string of the molecule is Nc1ccc(-n2cccn2)nc1CC(=O)N1Cc2ccncc2C1.Nc1nc(-n2cccn2)ccc1[N+](=O)[O-].Nc1nc(Cl)ccc1[N+](=O)[O-].O=C(Cc1nc(-n2cccn2)ccc1[N+](=O)[O-])N1Cc2ccncc2C1.O=C(Cc1nc(-n2cccn2)ccc1[N+](=O)[O-])Oc1ccccc1.c1cc2c(cn1)CNC2.c1cn[nH]c1. The molecule has 40 nitrogen and oxygen atoms in total. The minimum Gasteiger partial charge on any atom is -0.426 e. The zero-order valence-electron chi connectivity index (χ0n) is 59.7. The average molecular weight is 1560 g/mol. The van der Waals surface area contributed by atoms with E-state index in [1.807, 2.05) is 42.9 Å². The Morgan fingerprint density at radius 3 is 1.25 bits per heavy atom. The van der Waals surface area contributed by atoms with Gasteiger partial charge >= 0.3 is 17.3 Å². The average Bonchev–Trinajstić information content (AvgIpc) is 1.42. The summed E-state index contributed by atoms with van der Waals surface area (Å²) in [5, 5.41) is 68.9. The van der Waals surface area contributed by atoms with E-state index in [9.17, 15) is 54.8 Å². The third kappa shape index (κ3) is 21.5. The Labute approximate surface area is 649 Å². The molecule has 114 heavy (non-hydrogen) atoms. The van der Waals surface area contributed by atoms with Gasteiger partial charge in [0.1, 0.15) is 22.3 Å². The van der Waals surface area contributed by atoms with Gasteiger partial charge in [-0.1, -0.05) is 29.8 Å². The summed E-state index contributed by atoms with van der Waals surface area (Å²) in [5.74, 6) is 1.15. The van der Waals surface area contributed by atoms with Crippen LogP contribution in [0.15, 0.2) is 239 Å². The van der Waals surface area contributed by atoms with E-state index >= 15 is 0 Å². The van der Waals surface area contributed by atoms with Crippen LogP contribution in [0.25, 0.3) is 23.3 Å². The van der Waals surface area contributed by atoms with Crippen molar-refractivity contribution < 1.29 is 38.8 Å². The molecule has 0 atom stereocenters. The van der Waals surface area contributed by atoms with Crippen molar-refractivity contribution in [2.75, 3.05) is 17.2 Å². The van der Waals surface area contributed by atoms with E-state index in [4.69, 9.17) is 33.5 Å². The zero-order valence-corrected chi connectivity index (χ0v) is 60.4. The van der Waals surface area contributed by atoms with Crippen LogP contribution in [0.3, 0.4) is 0 Å². The van der Waals surface area contributed by atoms with Crippen molar-refractivity contribution in [3.8, 4) is 29.0 Å². The number of nitrogens with one attached hydrogen (secondary N) is 2. The van der Waals surface area contributed by atoms with Crippen molar-refractivity contribution in [1.82, 2.24) is 104 Å². The van der Waals surface area contributed by atoms with Crippen LogP contribution >= 0.6 is 11.6 Å². The number of halogens is 1. The van der Waals surface area contributed by atoms with E-state index in [0.717, 1.165) is 35.3 Å². The summed E-state index contributed by atoms with van der Waals surface area (Å²) < 4.78 is 11.2. The summed E-state index contributed by atoms with van der Waals surface area (Å²) in [6.07, 6.45) is 27.1. The molecule has 13 aromatic heterocycles. The van der Waals surface area contributed by atoms with Crippen LogP contribution in [0.4, 0.5) is 40.1 Å². The number of esters is 1. The highest BCUT2D eigenvalue weighted by Crippen LogP contribution is 2.28. The molecule has 2 amide bonds. The number of carbonyl (C=O) groups excluding carboxylic acids is 3. The number of anilines is 3. The standard InChI is InChI=1S/C17H14N6O3.C17H16N6O.C16H12N4O4.C8H7N5O2.C7H8N2.C5H4ClN3O2.C3H4N2/c24-17(21-10-12-4-6-18-9-13(12)11-21)8-14-15(23(25)26)2-3-16(20-14)22-7-1-5-19-22;18-14-2-3-16(23-7-1-5-20-23)21-15(14)8-17(24)22-10-12-4-6-19-9-13(12)11-22;21-16(24-12-5-2-1-3-6-12)11-13-14(20(22)23)7-8-15(18-13)19-10-4-9-17-19;9-8-6(13(14)15)2-3-7(11-8)12-5-1-4-10-12;1-2-8-4-7-5-9-3-6(1)7;6-4-2-1-3(9(10)11)5(7)8-4;1-2-4-5-3-1/h1-7,9H,8,10-11H2;1-7,9H,8,10-11,18H2;1-10H,11H2;1-5H,(H2,9,11);1-2,4,9H,3,5H2;1-2H,(H2,7,8);1-3H,(H,4,5). The molecule has 1 aromatic carbocycles. The third-order valence-corrected chi connectivity index (χ3v) is 16.7. The lowest BCUT2D eigenvalue weighted by molar-refractivity contribution is -0.386. The monoisotopic (exact) mass is 1560 g/mol. The fraction of sp³-hybridized carbons (Fsp3) is 0.123. The predicted octanol–water partition coefficient (Wildman–Crippen LogP) is 8.39. The molecule has 576 valence electrons. The first-order valence-electron chi connectivity index (χ1n) is 33.9. The van der Waals surface area contributed by atoms with Crippen LogP contribution in [0, 0.1) is 40.5 Å². The molecule has 16 heterocycles. The minimum absolute atomic E-state index is 0.00279. The highest BCUT2D eigenvalue weighted by atomic mass is 35.5. The fourth-order valence-corrected chi connectivity index (χ4v) is 11.1. The number of nitro groups is 4. The molecule has 0 saturated carbocycles. The number of rotatable bonds is 15. The number of aromatic nitrogens is 18. The number of pyridine rings is 8. The first-order valence-corrected chi connectivity index (χ1v) is 34.3. The number of ether oxygens (including phenoxy) is 1. The van der Waals surface area contributed by atoms with Crippen molar-refractivity contribution in [1.29, 1.82) is 0 Å². The summed E-state index contributed by atoms with van der Waals surface area (Å²) >= 11 is 5.41. The Kier molecular flexibility index (Phi) is 26.6. The maximum absolute atomic E-state index is 12.7. The van der Waals surface area contributed by atoms with Gasteiger partial charge in [0, 0.05) is 163 Å². The smallest absolute Gasteiger partial charge is 0.317 e. The number of carbonyl (C=O) groups is 3. The van der Waals surface area contributed by atoms with E-state index in [1.165, 1.54) is 73.7 Å². The van der Waals surface area contributed by atoms with Crippen LogP contribution in [-0.2, 0) is 72.9 Å². The largest absolute Gasteiger partial charge is 0.426 e. The van der Waals surface area contributed by atoms with Gasteiger partial charge < -0.3 is 37.1 Å². The Balaban J connectivity index is 0.000000137. The second-order valence-corrected chi connectivity index (χ2v) is 24.4. The maximum Gasteiger partial charge on any atom is 0.317 e. The maximum atomic E-state index is 12.7. The lowest BCUT2D eigenvalue weighted by atomic mass is 10.2. The van der Waals surface area contributed by atoms with Gasteiger partial charge in [0.25, 0.3) is 11.4 Å². The number of hydrogen-bond donors (Lipinski definition) is 5. The predicted molar refractivity (Wildman–Crippen MR) is 408 cm³/mol. The summed E-state index contributed by atoms with van der Waals surface area (Å²) in [4.78, 5) is 114. The van der Waals surface area contributed by atoms with Crippen LogP contribution in [0.5, 0.6) is 5.75 Å². The van der Waals surface area contributed by atoms with Gasteiger partial charge in [-0.15, -0.1) is 0 Å². The highest BCUT2D eigenvalue weighted by molar-refractivity contribution is 6.29. The minimum atomic E-state index is -0.630. The van der Waals surface area contributed by atoms with Crippen molar-refractivity contribution in [2.24, 2.45) is 0 Å². The Morgan fingerprint density at radius 1 is 0.421 bits per heavy atom. The van der Waals surface area contributed by atoms with Crippen LogP contribution in [-0.4, -0.2) is 136 Å². The van der Waals surface area contributed by atoms with Crippen molar-refractivity contribution in [2.45, 2.75) is 58.5 Å². The topological polar surface area (TPSA) is 533 Å². The lowest BCUT2D eigenvalue weighted by Crippen LogP contribution is -2.27. The lowest BCUT2D eigenvalue weighted by Gasteiger charge is -2.16. The quantitative estimate of drug-likeness (QED) is 0.0211. The number of nitrogens with two attached hydrogens (primary N) is 3. The normalized spacial score (nSPS) is 11.7. The molecule has 14 aromatic rings. The number of fused-ring (bicyclic) bond motifs is 3. The summed E-state index contributed by atoms with van der Waals surface area (Å²) in [5.41, 5.74) is 24.0. The Morgan fingerprint density at radius 2 is 0.833 bits per heavy atom. The molecule has 0 aliphatic carbocycles. The van der Waals surface area contributed by atoms with Crippen molar-refractivity contribution >= 4 is 69.5 Å². The Hall–Kier alpha value is -15.9. The van der Waals surface area contributed by atoms with Gasteiger partial charge in [0.15, 0.2) is 23.3 Å². The van der Waals surface area contributed by atoms with E-state index < -0.39 is 25.7 Å². The second kappa shape index (κ2) is 38.3. The fourth-order valence-electron chi connectivity index (χ4n) is 11.0. The number of benzene rings is 1. The van der Waals surface area contributed by atoms with Crippen molar-refractivity contribution in [3.05, 3.63) is 335 Å². The third-order valence-electron chi connectivity index (χ3n) is 16.5. The van der Waals surface area contributed by atoms with Gasteiger partial charge in [-0.25, -0.2) is 43.6 Å².